The highest BCUT2D eigenvalue weighted by Gasteiger charge is 2.23. The molecule has 0 spiro atoms. The van der Waals surface area contributed by atoms with E-state index < -0.39 is 15.8 Å². The Morgan fingerprint density at radius 3 is 2.50 bits per heavy atom. The van der Waals surface area contributed by atoms with E-state index in [0.717, 1.165) is 17.6 Å². The quantitative estimate of drug-likeness (QED) is 0.898. The molecular formula is C12H13NO5S2. The second-order valence-corrected chi connectivity index (χ2v) is 7.75. The molecule has 1 aliphatic rings. The molecule has 0 unspecified atom stereocenters. The molecule has 2 heterocycles. The summed E-state index contributed by atoms with van der Waals surface area (Å²) in [5.41, 5.74) is 0.303. The normalized spacial score (nSPS) is 15.8. The number of rotatable bonds is 3. The minimum absolute atomic E-state index is 0.152. The molecule has 0 radical (unpaired) electrons. The number of amides is 1. The lowest BCUT2D eigenvalue weighted by Crippen LogP contribution is -2.35. The Labute approximate surface area is 120 Å². The van der Waals surface area contributed by atoms with Gasteiger partial charge in [0.15, 0.2) is 9.84 Å². The standard InChI is InChI=1S/C12H13NO5S2/c1-20(17,18)10-3-2-9(19-10)11(14)13-6-4-8(5-7-13)12(15)16/h2-4H,5-7H2,1H3,(H,15,16). The van der Waals surface area contributed by atoms with Crippen LogP contribution in [0, 0.1) is 0 Å². The third kappa shape index (κ3) is 3.07. The van der Waals surface area contributed by atoms with E-state index in [-0.39, 0.29) is 16.7 Å². The summed E-state index contributed by atoms with van der Waals surface area (Å²) in [5, 5.41) is 8.84. The second-order valence-electron chi connectivity index (χ2n) is 4.43. The molecule has 0 atom stereocenters. The van der Waals surface area contributed by atoms with Crippen molar-refractivity contribution in [3.8, 4) is 0 Å². The molecule has 0 saturated heterocycles. The highest BCUT2D eigenvalue weighted by molar-refractivity contribution is 7.92. The van der Waals surface area contributed by atoms with Crippen molar-refractivity contribution in [2.75, 3.05) is 19.3 Å². The van der Waals surface area contributed by atoms with Gasteiger partial charge in [-0.2, -0.15) is 0 Å². The summed E-state index contributed by atoms with van der Waals surface area (Å²) in [4.78, 5) is 24.8. The number of carbonyl (C=O) groups is 2. The second kappa shape index (κ2) is 5.37. The van der Waals surface area contributed by atoms with Crippen LogP contribution in [0.2, 0.25) is 0 Å². The van der Waals surface area contributed by atoms with Crippen LogP contribution in [-0.4, -0.2) is 49.6 Å². The molecule has 0 bridgehead atoms. The molecule has 1 aromatic rings. The van der Waals surface area contributed by atoms with Crippen LogP contribution in [0.15, 0.2) is 28.0 Å². The van der Waals surface area contributed by atoms with Crippen molar-refractivity contribution < 1.29 is 23.1 Å². The summed E-state index contributed by atoms with van der Waals surface area (Å²) < 4.78 is 22.9. The van der Waals surface area contributed by atoms with E-state index in [1.54, 1.807) is 0 Å². The first kappa shape index (κ1) is 14.7. The van der Waals surface area contributed by atoms with Gasteiger partial charge >= 0.3 is 5.97 Å². The van der Waals surface area contributed by atoms with Crippen LogP contribution >= 0.6 is 11.3 Å². The zero-order valence-corrected chi connectivity index (χ0v) is 12.3. The van der Waals surface area contributed by atoms with Gasteiger partial charge in [-0.25, -0.2) is 13.2 Å². The minimum Gasteiger partial charge on any atom is -0.478 e. The smallest absolute Gasteiger partial charge is 0.331 e. The van der Waals surface area contributed by atoms with Crippen molar-refractivity contribution in [3.05, 3.63) is 28.7 Å². The van der Waals surface area contributed by atoms with Gasteiger partial charge in [-0.05, 0) is 18.6 Å². The molecule has 0 saturated carbocycles. The lowest BCUT2D eigenvalue weighted by atomic mass is 10.1. The Hall–Kier alpha value is -1.67. The fourth-order valence-electron chi connectivity index (χ4n) is 1.84. The first-order chi connectivity index (χ1) is 9.29. The average Bonchev–Trinajstić information content (AvgIpc) is 2.87. The first-order valence-electron chi connectivity index (χ1n) is 5.80. The molecular weight excluding hydrogens is 302 g/mol. The largest absolute Gasteiger partial charge is 0.478 e. The van der Waals surface area contributed by atoms with Gasteiger partial charge in [0, 0.05) is 24.9 Å². The van der Waals surface area contributed by atoms with Gasteiger partial charge in [0.1, 0.15) is 4.21 Å². The van der Waals surface area contributed by atoms with Crippen LogP contribution in [0.5, 0.6) is 0 Å². The lowest BCUT2D eigenvalue weighted by Gasteiger charge is -2.24. The molecule has 108 valence electrons. The van der Waals surface area contributed by atoms with Gasteiger partial charge in [-0.15, -0.1) is 11.3 Å². The predicted octanol–water partition coefficient (Wildman–Crippen LogP) is 1.01. The number of carbonyl (C=O) groups excluding carboxylic acids is 1. The van der Waals surface area contributed by atoms with Crippen molar-refractivity contribution in [1.82, 2.24) is 4.90 Å². The molecule has 1 aromatic heterocycles. The summed E-state index contributed by atoms with van der Waals surface area (Å²) in [6.07, 6.45) is 2.90. The highest BCUT2D eigenvalue weighted by Crippen LogP contribution is 2.24. The van der Waals surface area contributed by atoms with Crippen LogP contribution in [0.25, 0.3) is 0 Å². The fourth-order valence-corrected chi connectivity index (χ4v) is 3.73. The number of carboxylic acid groups (broad SMARTS) is 1. The van der Waals surface area contributed by atoms with Crippen molar-refractivity contribution in [2.24, 2.45) is 0 Å². The number of nitrogens with zero attached hydrogens (tertiary/aromatic N) is 1. The number of sulfone groups is 1. The van der Waals surface area contributed by atoms with Gasteiger partial charge in [0.25, 0.3) is 5.91 Å². The third-order valence-electron chi connectivity index (χ3n) is 2.93. The number of aliphatic carboxylic acids is 1. The van der Waals surface area contributed by atoms with Crippen molar-refractivity contribution >= 4 is 33.1 Å². The van der Waals surface area contributed by atoms with E-state index in [2.05, 4.69) is 0 Å². The van der Waals surface area contributed by atoms with Crippen molar-refractivity contribution in [2.45, 2.75) is 10.6 Å². The number of hydrogen-bond acceptors (Lipinski definition) is 5. The summed E-state index contributed by atoms with van der Waals surface area (Å²) in [5.74, 6) is -1.24. The first-order valence-corrected chi connectivity index (χ1v) is 8.51. The Morgan fingerprint density at radius 2 is 2.05 bits per heavy atom. The molecule has 1 amide bonds. The Bertz CT molecular complexity index is 686. The molecule has 20 heavy (non-hydrogen) atoms. The van der Waals surface area contributed by atoms with Crippen molar-refractivity contribution in [3.63, 3.8) is 0 Å². The lowest BCUT2D eigenvalue weighted by molar-refractivity contribution is -0.133. The summed E-state index contributed by atoms with van der Waals surface area (Å²) in [6, 6.07) is 2.90. The van der Waals surface area contributed by atoms with Gasteiger partial charge in [0.2, 0.25) is 0 Å². The molecule has 0 aromatic carbocycles. The number of carboxylic acids is 1. The molecule has 2 rings (SSSR count). The SMILES string of the molecule is CS(=O)(=O)c1ccc(C(=O)N2CC=C(C(=O)O)CC2)s1. The Kier molecular flexibility index (Phi) is 3.96. The maximum atomic E-state index is 12.2. The Morgan fingerprint density at radius 1 is 1.35 bits per heavy atom. The van der Waals surface area contributed by atoms with E-state index in [1.807, 2.05) is 0 Å². The molecule has 0 fully saturated rings. The average molecular weight is 315 g/mol. The topological polar surface area (TPSA) is 91.8 Å². The van der Waals surface area contributed by atoms with Gasteiger partial charge in [-0.3, -0.25) is 4.79 Å². The Balaban J connectivity index is 2.14. The van der Waals surface area contributed by atoms with Crippen LogP contribution in [-0.2, 0) is 14.6 Å². The summed E-state index contributed by atoms with van der Waals surface area (Å²) in [7, 11) is -3.31. The fraction of sp³-hybridized carbons (Fsp3) is 0.333. The zero-order chi connectivity index (χ0) is 14.9. The summed E-state index contributed by atoms with van der Waals surface area (Å²) in [6.45, 7) is 0.551. The zero-order valence-electron chi connectivity index (χ0n) is 10.7. The predicted molar refractivity (Wildman–Crippen MR) is 73.7 cm³/mol. The van der Waals surface area contributed by atoms with Gasteiger partial charge < -0.3 is 10.0 Å². The molecule has 0 aliphatic carbocycles. The van der Waals surface area contributed by atoms with Gasteiger partial charge in [-0.1, -0.05) is 6.08 Å². The summed E-state index contributed by atoms with van der Waals surface area (Å²) >= 11 is 0.932. The van der Waals surface area contributed by atoms with Gasteiger partial charge in [0.05, 0.1) is 4.88 Å². The monoisotopic (exact) mass is 315 g/mol. The van der Waals surface area contributed by atoms with E-state index in [0.29, 0.717) is 23.4 Å². The molecule has 1 N–H and O–H groups in total. The highest BCUT2D eigenvalue weighted by atomic mass is 32.2. The maximum absolute atomic E-state index is 12.2. The molecule has 1 aliphatic heterocycles. The van der Waals surface area contributed by atoms with E-state index in [1.165, 1.54) is 23.1 Å². The van der Waals surface area contributed by atoms with E-state index in [9.17, 15) is 18.0 Å². The number of hydrogen-bond donors (Lipinski definition) is 1. The van der Waals surface area contributed by atoms with Crippen molar-refractivity contribution in [1.29, 1.82) is 0 Å². The van der Waals surface area contributed by atoms with E-state index >= 15 is 0 Å². The molecule has 8 heteroatoms. The van der Waals surface area contributed by atoms with E-state index in [4.69, 9.17) is 5.11 Å². The molecule has 6 nitrogen and oxygen atoms in total. The van der Waals surface area contributed by atoms with Crippen LogP contribution in [0.4, 0.5) is 0 Å². The van der Waals surface area contributed by atoms with Crippen LogP contribution in [0.1, 0.15) is 16.1 Å². The third-order valence-corrected chi connectivity index (χ3v) is 5.82. The number of thiophene rings is 1. The van der Waals surface area contributed by atoms with Crippen LogP contribution < -0.4 is 0 Å². The van der Waals surface area contributed by atoms with Crippen LogP contribution in [0.3, 0.4) is 0 Å². The maximum Gasteiger partial charge on any atom is 0.331 e. The minimum atomic E-state index is -3.31.